The number of aromatic nitrogens is 1. The average molecular weight is 465 g/mol. The smallest absolute Gasteiger partial charge is 0.322 e. The first-order chi connectivity index (χ1) is 16.3. The van der Waals surface area contributed by atoms with Crippen molar-refractivity contribution in [2.45, 2.75) is 6.42 Å². The van der Waals surface area contributed by atoms with Gasteiger partial charge in [-0.1, -0.05) is 30.3 Å². The van der Waals surface area contributed by atoms with E-state index in [1.54, 1.807) is 14.1 Å². The summed E-state index contributed by atoms with van der Waals surface area (Å²) in [6.45, 7) is 0.292. The molecule has 4 amide bonds. The third kappa shape index (κ3) is 7.02. The molecule has 0 atom stereocenters. The summed E-state index contributed by atoms with van der Waals surface area (Å²) in [6, 6.07) is 15.9. The van der Waals surface area contributed by atoms with Crippen molar-refractivity contribution in [1.82, 2.24) is 15.2 Å². The Morgan fingerprint density at radius 2 is 1.74 bits per heavy atom. The fourth-order valence-electron chi connectivity index (χ4n) is 2.79. The lowest BCUT2D eigenvalue weighted by molar-refractivity contribution is -0.136. The summed E-state index contributed by atoms with van der Waals surface area (Å²) in [7, 11) is 3.17. The van der Waals surface area contributed by atoms with Crippen molar-refractivity contribution in [2.24, 2.45) is 0 Å². The fraction of sp³-hybridized carbons (Fsp3) is 0.167. The maximum absolute atomic E-state index is 14.5. The Morgan fingerprint density at radius 1 is 0.971 bits per heavy atom. The SMILES string of the molecule is CN(C)C(=O)Nc1cc(Oc2ccc(NC(=O)C(=O)NCCc3ccccc3)cc2F)ccn1. The maximum Gasteiger partial charge on any atom is 0.322 e. The first-order valence-corrected chi connectivity index (χ1v) is 10.4. The molecule has 2 aromatic carbocycles. The molecule has 0 aliphatic heterocycles. The summed E-state index contributed by atoms with van der Waals surface area (Å²) in [6.07, 6.45) is 1.99. The molecule has 0 aliphatic carbocycles. The van der Waals surface area contributed by atoms with E-state index in [2.05, 4.69) is 20.9 Å². The van der Waals surface area contributed by atoms with Crippen LogP contribution in [-0.4, -0.2) is 48.4 Å². The molecule has 176 valence electrons. The van der Waals surface area contributed by atoms with Gasteiger partial charge in [-0.25, -0.2) is 14.2 Å². The molecule has 3 rings (SSSR count). The van der Waals surface area contributed by atoms with Crippen molar-refractivity contribution >= 4 is 29.4 Å². The summed E-state index contributed by atoms with van der Waals surface area (Å²) < 4.78 is 20.0. The zero-order valence-electron chi connectivity index (χ0n) is 18.7. The van der Waals surface area contributed by atoms with Crippen LogP contribution in [0, 0.1) is 5.82 Å². The van der Waals surface area contributed by atoms with E-state index in [1.165, 1.54) is 35.4 Å². The monoisotopic (exact) mass is 465 g/mol. The van der Waals surface area contributed by atoms with Gasteiger partial charge in [0, 0.05) is 44.7 Å². The van der Waals surface area contributed by atoms with E-state index in [9.17, 15) is 18.8 Å². The summed E-state index contributed by atoms with van der Waals surface area (Å²) >= 11 is 0. The van der Waals surface area contributed by atoms with Gasteiger partial charge in [-0.05, 0) is 30.2 Å². The Balaban J connectivity index is 1.55. The number of ether oxygens (including phenoxy) is 1. The predicted molar refractivity (Wildman–Crippen MR) is 125 cm³/mol. The van der Waals surface area contributed by atoms with Crippen LogP contribution in [0.15, 0.2) is 66.9 Å². The van der Waals surface area contributed by atoms with Gasteiger partial charge in [0.1, 0.15) is 11.6 Å². The minimum atomic E-state index is -0.906. The summed E-state index contributed by atoms with van der Waals surface area (Å²) in [5, 5.41) is 7.45. The Bertz CT molecular complexity index is 1170. The highest BCUT2D eigenvalue weighted by molar-refractivity contribution is 6.39. The standard InChI is InChI=1S/C24H24FN5O4/c1-30(2)24(33)29-21-15-18(11-13-26-21)34-20-9-8-17(14-19(20)25)28-23(32)22(31)27-12-10-16-6-4-3-5-7-16/h3-9,11,13-15H,10,12H2,1-2H3,(H,27,31)(H,28,32)(H,26,29,33). The van der Waals surface area contributed by atoms with Gasteiger partial charge in [0.05, 0.1) is 0 Å². The molecule has 0 spiro atoms. The molecule has 3 N–H and O–H groups in total. The van der Waals surface area contributed by atoms with Crippen LogP contribution in [-0.2, 0) is 16.0 Å². The Kier molecular flexibility index (Phi) is 8.11. The van der Waals surface area contributed by atoms with Gasteiger partial charge in [0.2, 0.25) is 0 Å². The number of rotatable bonds is 7. The van der Waals surface area contributed by atoms with Gasteiger partial charge in [-0.3, -0.25) is 14.9 Å². The van der Waals surface area contributed by atoms with E-state index in [0.29, 0.717) is 13.0 Å². The van der Waals surface area contributed by atoms with E-state index in [4.69, 9.17) is 4.74 Å². The van der Waals surface area contributed by atoms with Crippen LogP contribution in [0.1, 0.15) is 5.56 Å². The quantitative estimate of drug-likeness (QED) is 0.463. The lowest BCUT2D eigenvalue weighted by atomic mass is 10.1. The number of nitrogens with one attached hydrogen (secondary N) is 3. The summed E-state index contributed by atoms with van der Waals surface area (Å²) in [5.74, 6) is -2.10. The van der Waals surface area contributed by atoms with Gasteiger partial charge in [0.25, 0.3) is 0 Å². The van der Waals surface area contributed by atoms with Crippen LogP contribution in [0.3, 0.4) is 0 Å². The lowest BCUT2D eigenvalue weighted by Gasteiger charge is -2.13. The van der Waals surface area contributed by atoms with Crippen molar-refractivity contribution < 1.29 is 23.5 Å². The molecule has 34 heavy (non-hydrogen) atoms. The number of carbonyl (C=O) groups excluding carboxylic acids is 3. The molecule has 0 unspecified atom stereocenters. The van der Waals surface area contributed by atoms with Crippen LogP contribution in [0.25, 0.3) is 0 Å². The van der Waals surface area contributed by atoms with Crippen LogP contribution >= 0.6 is 0 Å². The highest BCUT2D eigenvalue weighted by Crippen LogP contribution is 2.27. The number of pyridine rings is 1. The minimum Gasteiger partial charge on any atom is -0.454 e. The number of benzene rings is 2. The number of amides is 4. The number of urea groups is 1. The molecular formula is C24H24FN5O4. The second-order valence-corrected chi connectivity index (χ2v) is 7.39. The Labute approximate surface area is 195 Å². The van der Waals surface area contributed by atoms with E-state index in [-0.39, 0.29) is 29.0 Å². The molecule has 0 radical (unpaired) electrons. The molecule has 1 heterocycles. The van der Waals surface area contributed by atoms with Gasteiger partial charge in [-0.2, -0.15) is 0 Å². The van der Waals surface area contributed by atoms with Crippen LogP contribution in [0.4, 0.5) is 20.7 Å². The van der Waals surface area contributed by atoms with Crippen molar-refractivity contribution in [3.8, 4) is 11.5 Å². The summed E-state index contributed by atoms with van der Waals surface area (Å²) in [5.41, 5.74) is 1.13. The zero-order chi connectivity index (χ0) is 24.5. The Morgan fingerprint density at radius 3 is 2.44 bits per heavy atom. The number of carbonyl (C=O) groups is 3. The molecule has 10 heteroatoms. The molecule has 0 bridgehead atoms. The van der Waals surface area contributed by atoms with Crippen molar-refractivity contribution in [3.05, 3.63) is 78.2 Å². The molecule has 1 aromatic heterocycles. The predicted octanol–water partition coefficient (Wildman–Crippen LogP) is 3.40. The number of hydrogen-bond donors (Lipinski definition) is 3. The van der Waals surface area contributed by atoms with Gasteiger partial charge in [-0.15, -0.1) is 0 Å². The first-order valence-electron chi connectivity index (χ1n) is 10.4. The number of hydrogen-bond acceptors (Lipinski definition) is 5. The molecule has 3 aromatic rings. The van der Waals surface area contributed by atoms with Crippen LogP contribution in [0.2, 0.25) is 0 Å². The minimum absolute atomic E-state index is 0.0988. The van der Waals surface area contributed by atoms with E-state index >= 15 is 0 Å². The molecule has 0 aliphatic rings. The highest BCUT2D eigenvalue weighted by atomic mass is 19.1. The van der Waals surface area contributed by atoms with Crippen LogP contribution in [0.5, 0.6) is 11.5 Å². The third-order valence-electron chi connectivity index (χ3n) is 4.54. The second-order valence-electron chi connectivity index (χ2n) is 7.39. The normalized spacial score (nSPS) is 10.2. The number of anilines is 2. The Hall–Kier alpha value is -4.47. The zero-order valence-corrected chi connectivity index (χ0v) is 18.7. The topological polar surface area (TPSA) is 113 Å². The fourth-order valence-corrected chi connectivity index (χ4v) is 2.79. The largest absolute Gasteiger partial charge is 0.454 e. The van der Waals surface area contributed by atoms with Gasteiger partial charge >= 0.3 is 17.8 Å². The molecule has 9 nitrogen and oxygen atoms in total. The molecule has 0 saturated heterocycles. The van der Waals surface area contributed by atoms with Crippen LogP contribution < -0.4 is 20.7 Å². The van der Waals surface area contributed by atoms with E-state index in [1.807, 2.05) is 30.3 Å². The van der Waals surface area contributed by atoms with E-state index in [0.717, 1.165) is 11.6 Å². The highest BCUT2D eigenvalue weighted by Gasteiger charge is 2.15. The average Bonchev–Trinajstić information content (AvgIpc) is 2.81. The maximum atomic E-state index is 14.5. The third-order valence-corrected chi connectivity index (χ3v) is 4.54. The molecular weight excluding hydrogens is 441 g/mol. The summed E-state index contributed by atoms with van der Waals surface area (Å²) in [4.78, 5) is 41.2. The second kappa shape index (κ2) is 11.4. The number of nitrogens with zero attached hydrogens (tertiary/aromatic N) is 2. The van der Waals surface area contributed by atoms with Gasteiger partial charge in [0.15, 0.2) is 11.6 Å². The number of halogens is 1. The van der Waals surface area contributed by atoms with E-state index < -0.39 is 17.6 Å². The van der Waals surface area contributed by atoms with Crippen molar-refractivity contribution in [1.29, 1.82) is 0 Å². The molecule has 0 saturated carbocycles. The van der Waals surface area contributed by atoms with Crippen molar-refractivity contribution in [2.75, 3.05) is 31.3 Å². The lowest BCUT2D eigenvalue weighted by Crippen LogP contribution is -2.36. The van der Waals surface area contributed by atoms with Gasteiger partial charge < -0.3 is 20.3 Å². The molecule has 0 fully saturated rings. The van der Waals surface area contributed by atoms with Crippen molar-refractivity contribution in [3.63, 3.8) is 0 Å². The first kappa shape index (κ1) is 24.2.